The fourth-order valence-corrected chi connectivity index (χ4v) is 4.43. The van der Waals surface area contributed by atoms with Gasteiger partial charge in [0.1, 0.15) is 0 Å². The monoisotopic (exact) mass is 394 g/mol. The first-order valence-corrected chi connectivity index (χ1v) is 10.0. The first-order valence-electron chi connectivity index (χ1n) is 9.67. The summed E-state index contributed by atoms with van der Waals surface area (Å²) in [6.45, 7) is 5.72. The Hall–Kier alpha value is -1.38. The van der Waals surface area contributed by atoms with Gasteiger partial charge in [0.05, 0.1) is 12.7 Å². The first-order chi connectivity index (χ1) is 13.1. The number of hydrogen-bond donors (Lipinski definition) is 2. The molecule has 1 unspecified atom stereocenters. The number of hydrogen-bond acceptors (Lipinski definition) is 6. The lowest BCUT2D eigenvalue weighted by Gasteiger charge is -2.46. The van der Waals surface area contributed by atoms with Gasteiger partial charge in [-0.25, -0.2) is 4.79 Å². The Morgan fingerprint density at radius 2 is 1.96 bits per heavy atom. The fraction of sp³-hybridized carbons (Fsp3) is 0.632. The number of amides is 1. The number of ether oxygens (including phenoxy) is 1. The maximum Gasteiger partial charge on any atom is 0.428 e. The van der Waals surface area contributed by atoms with E-state index in [0.717, 1.165) is 50.5 Å². The zero-order valence-electron chi connectivity index (χ0n) is 15.6. The molecule has 0 aromatic heterocycles. The van der Waals surface area contributed by atoms with Crippen LogP contribution in [0.1, 0.15) is 25.3 Å². The average Bonchev–Trinajstić information content (AvgIpc) is 3.11. The van der Waals surface area contributed by atoms with Crippen LogP contribution in [-0.2, 0) is 16.0 Å². The predicted molar refractivity (Wildman–Crippen MR) is 102 cm³/mol. The van der Waals surface area contributed by atoms with Gasteiger partial charge in [-0.15, -0.1) is 5.48 Å². The molecule has 3 aliphatic rings. The van der Waals surface area contributed by atoms with Crippen molar-refractivity contribution in [2.24, 2.45) is 0 Å². The highest BCUT2D eigenvalue weighted by atomic mass is 35.5. The summed E-state index contributed by atoms with van der Waals surface area (Å²) in [7, 11) is 0. The third kappa shape index (κ3) is 4.55. The van der Waals surface area contributed by atoms with E-state index in [1.807, 2.05) is 12.1 Å². The van der Waals surface area contributed by atoms with Crippen molar-refractivity contribution >= 4 is 17.7 Å². The standard InChI is InChI=1S/C19H27ClN4O3/c1-13-11-24(17(12-26-13)10-14-2-4-15(20)5-3-14)16-6-8-23(9-7-16)18-21-19(25)27-22-18/h2-5,13,16-18,22H,6-12H2,1H3,(H,21,25)/t13-,17-,18?/m0/s1. The zero-order chi connectivity index (χ0) is 18.8. The number of halogens is 1. The molecule has 8 heteroatoms. The Kier molecular flexibility index (Phi) is 5.85. The van der Waals surface area contributed by atoms with E-state index in [2.05, 4.69) is 39.7 Å². The molecule has 0 spiro atoms. The second-order valence-electron chi connectivity index (χ2n) is 7.65. The molecule has 0 bridgehead atoms. The number of carbonyl (C=O) groups is 1. The molecule has 1 aromatic rings. The molecule has 7 nitrogen and oxygen atoms in total. The van der Waals surface area contributed by atoms with Gasteiger partial charge in [0, 0.05) is 36.7 Å². The van der Waals surface area contributed by atoms with Crippen molar-refractivity contribution in [2.45, 2.75) is 50.7 Å². The van der Waals surface area contributed by atoms with Crippen molar-refractivity contribution < 1.29 is 14.4 Å². The van der Waals surface area contributed by atoms with Crippen molar-refractivity contribution in [3.63, 3.8) is 0 Å². The summed E-state index contributed by atoms with van der Waals surface area (Å²) in [5.74, 6) is 0. The van der Waals surface area contributed by atoms with Gasteiger partial charge < -0.3 is 9.57 Å². The second kappa shape index (κ2) is 8.32. The van der Waals surface area contributed by atoms with Crippen LogP contribution in [0.2, 0.25) is 5.02 Å². The summed E-state index contributed by atoms with van der Waals surface area (Å²) >= 11 is 6.02. The molecule has 1 aromatic carbocycles. The van der Waals surface area contributed by atoms with Crippen molar-refractivity contribution in [3.05, 3.63) is 34.9 Å². The van der Waals surface area contributed by atoms with E-state index in [9.17, 15) is 4.79 Å². The van der Waals surface area contributed by atoms with Crippen LogP contribution in [0.4, 0.5) is 4.79 Å². The Morgan fingerprint density at radius 3 is 2.63 bits per heavy atom. The molecular formula is C19H27ClN4O3. The minimum Gasteiger partial charge on any atom is -0.376 e. The summed E-state index contributed by atoms with van der Waals surface area (Å²) in [4.78, 5) is 20.9. The van der Waals surface area contributed by atoms with Gasteiger partial charge in [-0.1, -0.05) is 23.7 Å². The average molecular weight is 395 g/mol. The number of benzene rings is 1. The Labute approximate surface area is 164 Å². The number of likely N-dealkylation sites (tertiary alicyclic amines) is 1. The van der Waals surface area contributed by atoms with Crippen LogP contribution in [0.3, 0.4) is 0 Å². The minimum absolute atomic E-state index is 0.216. The van der Waals surface area contributed by atoms with Crippen molar-refractivity contribution in [1.29, 1.82) is 0 Å². The van der Waals surface area contributed by atoms with Crippen LogP contribution in [0.5, 0.6) is 0 Å². The van der Waals surface area contributed by atoms with E-state index in [1.165, 1.54) is 5.56 Å². The number of nitrogens with one attached hydrogen (secondary N) is 2. The summed E-state index contributed by atoms with van der Waals surface area (Å²) in [6, 6.07) is 9.04. The summed E-state index contributed by atoms with van der Waals surface area (Å²) in [6.07, 6.45) is 2.74. The van der Waals surface area contributed by atoms with E-state index < -0.39 is 6.09 Å². The number of piperidine rings is 1. The molecule has 3 saturated heterocycles. The summed E-state index contributed by atoms with van der Waals surface area (Å²) in [5, 5.41) is 3.55. The predicted octanol–water partition coefficient (Wildman–Crippen LogP) is 1.96. The Bertz CT molecular complexity index is 651. The van der Waals surface area contributed by atoms with Gasteiger partial charge >= 0.3 is 6.09 Å². The molecular weight excluding hydrogens is 368 g/mol. The molecule has 0 radical (unpaired) electrons. The quantitative estimate of drug-likeness (QED) is 0.813. The third-order valence-corrected chi connectivity index (χ3v) is 6.00. The smallest absolute Gasteiger partial charge is 0.376 e. The Balaban J connectivity index is 1.37. The lowest BCUT2D eigenvalue weighted by Crippen LogP contribution is -2.59. The fourth-order valence-electron chi connectivity index (χ4n) is 4.31. The SMILES string of the molecule is C[C@H]1CN(C2CCN(C3NOC(=O)N3)CC2)[C@@H](Cc2ccc(Cl)cc2)CO1. The number of rotatable bonds is 4. The largest absolute Gasteiger partial charge is 0.428 e. The normalized spacial score (nSPS) is 30.9. The number of nitrogens with zero attached hydrogens (tertiary/aromatic N) is 2. The molecule has 1 amide bonds. The summed E-state index contributed by atoms with van der Waals surface area (Å²) in [5.41, 5.74) is 4.04. The van der Waals surface area contributed by atoms with Crippen LogP contribution >= 0.6 is 11.6 Å². The molecule has 4 rings (SSSR count). The van der Waals surface area contributed by atoms with Gasteiger partial charge in [-0.3, -0.25) is 15.1 Å². The molecule has 3 atom stereocenters. The third-order valence-electron chi connectivity index (χ3n) is 5.75. The van der Waals surface area contributed by atoms with E-state index in [-0.39, 0.29) is 12.4 Å². The molecule has 2 N–H and O–H groups in total. The van der Waals surface area contributed by atoms with Gasteiger partial charge in [0.15, 0.2) is 6.29 Å². The van der Waals surface area contributed by atoms with E-state index >= 15 is 0 Å². The van der Waals surface area contributed by atoms with Crippen molar-refractivity contribution in [1.82, 2.24) is 20.6 Å². The maximum atomic E-state index is 11.2. The lowest BCUT2D eigenvalue weighted by atomic mass is 9.96. The molecule has 3 fully saturated rings. The Morgan fingerprint density at radius 1 is 1.22 bits per heavy atom. The van der Waals surface area contributed by atoms with Crippen LogP contribution in [0, 0.1) is 0 Å². The van der Waals surface area contributed by atoms with E-state index in [0.29, 0.717) is 12.1 Å². The molecule has 148 valence electrons. The van der Waals surface area contributed by atoms with E-state index in [1.54, 1.807) is 0 Å². The highest BCUT2D eigenvalue weighted by Gasteiger charge is 2.36. The van der Waals surface area contributed by atoms with Gasteiger partial charge in [0.2, 0.25) is 0 Å². The maximum absolute atomic E-state index is 11.2. The van der Waals surface area contributed by atoms with Gasteiger partial charge in [-0.2, -0.15) is 0 Å². The molecule has 27 heavy (non-hydrogen) atoms. The molecule has 3 aliphatic heterocycles. The van der Waals surface area contributed by atoms with E-state index in [4.69, 9.17) is 21.2 Å². The minimum atomic E-state index is -0.410. The van der Waals surface area contributed by atoms with Gasteiger partial charge in [0.25, 0.3) is 0 Å². The van der Waals surface area contributed by atoms with Gasteiger partial charge in [-0.05, 0) is 43.9 Å². The van der Waals surface area contributed by atoms with Crippen molar-refractivity contribution in [2.75, 3.05) is 26.2 Å². The lowest BCUT2D eigenvalue weighted by molar-refractivity contribution is -0.0827. The number of hydroxylamine groups is 1. The number of carbonyl (C=O) groups excluding carboxylic acids is 1. The molecule has 0 aliphatic carbocycles. The van der Waals surface area contributed by atoms with Crippen LogP contribution in [0.25, 0.3) is 0 Å². The van der Waals surface area contributed by atoms with Crippen LogP contribution in [0.15, 0.2) is 24.3 Å². The number of morpholine rings is 1. The highest BCUT2D eigenvalue weighted by molar-refractivity contribution is 6.30. The topological polar surface area (TPSA) is 66.1 Å². The van der Waals surface area contributed by atoms with Crippen molar-refractivity contribution in [3.8, 4) is 0 Å². The van der Waals surface area contributed by atoms with Crippen LogP contribution in [-0.4, -0.2) is 66.6 Å². The second-order valence-corrected chi connectivity index (χ2v) is 8.08. The first kappa shape index (κ1) is 19.0. The van der Waals surface area contributed by atoms with Crippen LogP contribution < -0.4 is 10.8 Å². The zero-order valence-corrected chi connectivity index (χ0v) is 16.3. The molecule has 3 heterocycles. The molecule has 0 saturated carbocycles. The summed E-state index contributed by atoms with van der Waals surface area (Å²) < 4.78 is 5.97. The highest BCUT2D eigenvalue weighted by Crippen LogP contribution is 2.26.